The predicted molar refractivity (Wildman–Crippen MR) is 77.1 cm³/mol. The van der Waals surface area contributed by atoms with Gasteiger partial charge >= 0.3 is 6.18 Å². The first kappa shape index (κ1) is 17.0. The van der Waals surface area contributed by atoms with E-state index >= 15 is 0 Å². The monoisotopic (exact) mass is 337 g/mol. The van der Waals surface area contributed by atoms with Crippen molar-refractivity contribution in [1.82, 2.24) is 9.29 Å². The minimum atomic E-state index is -4.40. The molecule has 1 aromatic heterocycles. The van der Waals surface area contributed by atoms with E-state index in [-0.39, 0.29) is 11.9 Å². The smallest absolute Gasteiger partial charge is 0.356 e. The summed E-state index contributed by atoms with van der Waals surface area (Å²) in [6.07, 6.45) is -0.990. The number of alkyl halides is 3. The maximum absolute atomic E-state index is 12.7. The van der Waals surface area contributed by atoms with Crippen molar-refractivity contribution in [3.8, 4) is 0 Å². The highest BCUT2D eigenvalue weighted by Gasteiger charge is 2.32. The second-order valence-electron chi connectivity index (χ2n) is 5.40. The molecule has 0 radical (unpaired) electrons. The molecular formula is C13H18F3N3O2S. The summed E-state index contributed by atoms with van der Waals surface area (Å²) in [5.74, 6) is 0.273. The summed E-state index contributed by atoms with van der Waals surface area (Å²) >= 11 is 0. The lowest BCUT2D eigenvalue weighted by molar-refractivity contribution is -0.137. The zero-order valence-corrected chi connectivity index (χ0v) is 13.2. The summed E-state index contributed by atoms with van der Waals surface area (Å²) < 4.78 is 62.5. The molecule has 0 N–H and O–H groups in total. The van der Waals surface area contributed by atoms with Crippen LogP contribution in [-0.4, -0.2) is 50.1 Å². The Bertz CT molecular complexity index is 626. The van der Waals surface area contributed by atoms with Gasteiger partial charge in [0.25, 0.3) is 0 Å². The number of halogens is 3. The van der Waals surface area contributed by atoms with Crippen LogP contribution in [0.15, 0.2) is 18.3 Å². The van der Waals surface area contributed by atoms with Gasteiger partial charge in [0, 0.05) is 32.4 Å². The number of hydrogen-bond donors (Lipinski definition) is 0. The van der Waals surface area contributed by atoms with Crippen molar-refractivity contribution in [1.29, 1.82) is 0 Å². The van der Waals surface area contributed by atoms with Gasteiger partial charge in [-0.3, -0.25) is 0 Å². The van der Waals surface area contributed by atoms with Crippen LogP contribution >= 0.6 is 0 Å². The molecule has 1 aliphatic rings. The van der Waals surface area contributed by atoms with Crippen LogP contribution in [0.5, 0.6) is 0 Å². The van der Waals surface area contributed by atoms with Crippen molar-refractivity contribution in [2.75, 3.05) is 31.3 Å². The average molecular weight is 337 g/mol. The molecule has 0 amide bonds. The van der Waals surface area contributed by atoms with Crippen LogP contribution in [0, 0.1) is 0 Å². The third kappa shape index (κ3) is 3.89. The number of hydrogen-bond acceptors (Lipinski definition) is 4. The first-order chi connectivity index (χ1) is 10.1. The first-order valence-electron chi connectivity index (χ1n) is 6.80. The zero-order valence-electron chi connectivity index (χ0n) is 12.3. The van der Waals surface area contributed by atoms with E-state index in [2.05, 4.69) is 4.98 Å². The fourth-order valence-electron chi connectivity index (χ4n) is 2.50. The molecule has 9 heteroatoms. The van der Waals surface area contributed by atoms with Gasteiger partial charge in [-0.25, -0.2) is 17.7 Å². The van der Waals surface area contributed by atoms with Gasteiger partial charge in [-0.15, -0.1) is 0 Å². The summed E-state index contributed by atoms with van der Waals surface area (Å²) in [6.45, 7) is 0.942. The van der Waals surface area contributed by atoms with Gasteiger partial charge in [-0.1, -0.05) is 0 Å². The number of pyridine rings is 1. The number of nitrogens with zero attached hydrogens (tertiary/aromatic N) is 3. The first-order valence-corrected chi connectivity index (χ1v) is 8.65. The quantitative estimate of drug-likeness (QED) is 0.846. The lowest BCUT2D eigenvalue weighted by Crippen LogP contribution is -2.45. The summed E-state index contributed by atoms with van der Waals surface area (Å²) in [5, 5.41) is 0. The molecule has 0 aliphatic carbocycles. The molecule has 124 valence electrons. The molecule has 0 aromatic carbocycles. The number of rotatable bonds is 3. The summed E-state index contributed by atoms with van der Waals surface area (Å²) in [4.78, 5) is 5.74. The minimum Gasteiger partial charge on any atom is -0.356 e. The molecule has 2 rings (SSSR count). The Kier molecular flexibility index (Phi) is 4.67. The Hall–Kier alpha value is -1.35. The Labute approximate surface area is 127 Å². The number of anilines is 1. The maximum Gasteiger partial charge on any atom is 0.416 e. The molecule has 0 unspecified atom stereocenters. The summed E-state index contributed by atoms with van der Waals surface area (Å²) in [6, 6.07) is 1.84. The van der Waals surface area contributed by atoms with E-state index in [0.29, 0.717) is 25.9 Å². The Morgan fingerprint density at radius 1 is 1.32 bits per heavy atom. The Morgan fingerprint density at radius 2 is 1.91 bits per heavy atom. The van der Waals surface area contributed by atoms with Crippen LogP contribution in [0.2, 0.25) is 0 Å². The van der Waals surface area contributed by atoms with Crippen LogP contribution in [0.3, 0.4) is 0 Å². The zero-order chi connectivity index (χ0) is 16.5. The number of piperidine rings is 1. The molecule has 1 aromatic rings. The Morgan fingerprint density at radius 3 is 2.41 bits per heavy atom. The van der Waals surface area contributed by atoms with Gasteiger partial charge in [0.2, 0.25) is 10.0 Å². The van der Waals surface area contributed by atoms with Crippen molar-refractivity contribution in [3.05, 3.63) is 23.9 Å². The predicted octanol–water partition coefficient (Wildman–Crippen LogP) is 1.96. The third-order valence-corrected chi connectivity index (χ3v) is 5.24. The second kappa shape index (κ2) is 6.04. The molecule has 5 nitrogen and oxygen atoms in total. The third-order valence-electron chi connectivity index (χ3n) is 3.90. The summed E-state index contributed by atoms with van der Waals surface area (Å²) in [7, 11) is -1.73. The number of aromatic nitrogens is 1. The van der Waals surface area contributed by atoms with Crippen molar-refractivity contribution >= 4 is 15.8 Å². The lowest BCUT2D eigenvalue weighted by Gasteiger charge is -2.36. The molecule has 1 saturated heterocycles. The van der Waals surface area contributed by atoms with Gasteiger partial charge in [0.05, 0.1) is 11.8 Å². The summed E-state index contributed by atoms with van der Waals surface area (Å²) in [5.41, 5.74) is -0.729. The molecule has 0 bridgehead atoms. The largest absolute Gasteiger partial charge is 0.416 e. The molecule has 22 heavy (non-hydrogen) atoms. The highest BCUT2D eigenvalue weighted by Crippen LogP contribution is 2.31. The normalized spacial score (nSPS) is 18.0. The molecular weight excluding hydrogens is 319 g/mol. The fourth-order valence-corrected chi connectivity index (χ4v) is 3.25. The Balaban J connectivity index is 2.06. The molecule has 0 saturated carbocycles. The highest BCUT2D eigenvalue weighted by molar-refractivity contribution is 7.88. The van der Waals surface area contributed by atoms with Crippen molar-refractivity contribution in [3.63, 3.8) is 0 Å². The molecule has 1 fully saturated rings. The topological polar surface area (TPSA) is 53.5 Å². The SMILES string of the molecule is CN(C1CCN(c2cc(C(F)(F)F)ccn2)CC1)S(C)(=O)=O. The average Bonchev–Trinajstić information content (AvgIpc) is 2.45. The standard InChI is InChI=1S/C13H18F3N3O2S/c1-18(22(2,20)21)11-4-7-19(8-5-11)12-9-10(3-6-17-12)13(14,15)16/h3,6,9,11H,4-5,7-8H2,1-2H3. The van der Waals surface area contributed by atoms with E-state index in [0.717, 1.165) is 24.6 Å². The van der Waals surface area contributed by atoms with E-state index < -0.39 is 21.8 Å². The van der Waals surface area contributed by atoms with E-state index in [1.165, 1.54) is 11.4 Å². The van der Waals surface area contributed by atoms with Crippen LogP contribution < -0.4 is 4.90 Å². The van der Waals surface area contributed by atoms with Crippen LogP contribution in [0.1, 0.15) is 18.4 Å². The fraction of sp³-hybridized carbons (Fsp3) is 0.615. The van der Waals surface area contributed by atoms with Gasteiger partial charge in [0.15, 0.2) is 0 Å². The molecule has 0 atom stereocenters. The second-order valence-corrected chi connectivity index (χ2v) is 7.44. The molecule has 1 aliphatic heterocycles. The van der Waals surface area contributed by atoms with Gasteiger partial charge in [0.1, 0.15) is 5.82 Å². The van der Waals surface area contributed by atoms with Crippen molar-refractivity contribution in [2.24, 2.45) is 0 Å². The minimum absolute atomic E-state index is 0.128. The van der Waals surface area contributed by atoms with Crippen molar-refractivity contribution in [2.45, 2.75) is 25.1 Å². The van der Waals surface area contributed by atoms with E-state index in [1.54, 1.807) is 4.90 Å². The van der Waals surface area contributed by atoms with Gasteiger partial charge < -0.3 is 4.90 Å². The van der Waals surface area contributed by atoms with E-state index in [1.807, 2.05) is 0 Å². The van der Waals surface area contributed by atoms with E-state index in [9.17, 15) is 21.6 Å². The lowest BCUT2D eigenvalue weighted by atomic mass is 10.1. The van der Waals surface area contributed by atoms with Crippen molar-refractivity contribution < 1.29 is 21.6 Å². The molecule has 0 spiro atoms. The highest BCUT2D eigenvalue weighted by atomic mass is 32.2. The number of sulfonamides is 1. The molecule has 2 heterocycles. The maximum atomic E-state index is 12.7. The van der Waals surface area contributed by atoms with Crippen LogP contribution in [0.4, 0.5) is 19.0 Å². The van der Waals surface area contributed by atoms with Crippen LogP contribution in [0.25, 0.3) is 0 Å². The van der Waals surface area contributed by atoms with Gasteiger partial charge in [-0.05, 0) is 25.0 Å². The van der Waals surface area contributed by atoms with E-state index in [4.69, 9.17) is 0 Å². The van der Waals surface area contributed by atoms with Gasteiger partial charge in [-0.2, -0.15) is 13.2 Å². The van der Waals surface area contributed by atoms with Crippen LogP contribution in [-0.2, 0) is 16.2 Å².